The lowest BCUT2D eigenvalue weighted by atomic mass is 10.2. The Morgan fingerprint density at radius 2 is 2.25 bits per heavy atom. The van der Waals surface area contributed by atoms with Crippen LogP contribution < -0.4 is 5.32 Å². The summed E-state index contributed by atoms with van der Waals surface area (Å²) >= 11 is 0. The van der Waals surface area contributed by atoms with Crippen molar-refractivity contribution in [2.45, 2.75) is 38.3 Å². The van der Waals surface area contributed by atoms with E-state index in [2.05, 4.69) is 39.5 Å². The predicted molar refractivity (Wildman–Crippen MR) is 82.7 cm³/mol. The number of fused-ring (bicyclic) bond motifs is 1. The van der Waals surface area contributed by atoms with E-state index in [0.29, 0.717) is 0 Å². The minimum atomic E-state index is 0.814. The highest BCUT2D eigenvalue weighted by atomic mass is 15.1. The van der Waals surface area contributed by atoms with Gasteiger partial charge in [-0.2, -0.15) is 0 Å². The summed E-state index contributed by atoms with van der Waals surface area (Å²) in [5.41, 5.74) is 2.28. The van der Waals surface area contributed by atoms with Crippen molar-refractivity contribution in [1.82, 2.24) is 20.2 Å². The maximum Gasteiger partial charge on any atom is 0.137 e. The van der Waals surface area contributed by atoms with E-state index in [1.807, 2.05) is 12.3 Å². The Labute approximate surface area is 120 Å². The predicted octanol–water partition coefficient (Wildman–Crippen LogP) is 2.53. The fourth-order valence-corrected chi connectivity index (χ4v) is 3.17. The SMILES string of the molecule is CN(CCNCc1c[nH]c2ncccc12)C1CCCC1. The first-order valence-corrected chi connectivity index (χ1v) is 7.66. The van der Waals surface area contributed by atoms with Gasteiger partial charge in [-0.3, -0.25) is 0 Å². The van der Waals surface area contributed by atoms with Gasteiger partial charge < -0.3 is 15.2 Å². The monoisotopic (exact) mass is 272 g/mol. The molecular formula is C16H24N4. The van der Waals surface area contributed by atoms with Crippen LogP contribution in [0.1, 0.15) is 31.2 Å². The van der Waals surface area contributed by atoms with Crippen LogP contribution in [0.4, 0.5) is 0 Å². The average molecular weight is 272 g/mol. The zero-order valence-corrected chi connectivity index (χ0v) is 12.2. The van der Waals surface area contributed by atoms with Crippen molar-refractivity contribution >= 4 is 11.0 Å². The summed E-state index contributed by atoms with van der Waals surface area (Å²) in [5.74, 6) is 0. The molecule has 2 aromatic rings. The molecule has 1 aliphatic rings. The molecule has 0 bridgehead atoms. The number of H-pyrrole nitrogens is 1. The summed E-state index contributed by atoms with van der Waals surface area (Å²) in [6.45, 7) is 3.08. The maximum atomic E-state index is 4.32. The molecule has 1 aliphatic carbocycles. The number of hydrogen-bond donors (Lipinski definition) is 2. The molecule has 2 heterocycles. The molecule has 2 aromatic heterocycles. The van der Waals surface area contributed by atoms with Gasteiger partial charge in [-0.15, -0.1) is 0 Å². The van der Waals surface area contributed by atoms with Crippen molar-refractivity contribution in [1.29, 1.82) is 0 Å². The van der Waals surface area contributed by atoms with Crippen molar-refractivity contribution in [3.63, 3.8) is 0 Å². The van der Waals surface area contributed by atoms with Gasteiger partial charge in [0.25, 0.3) is 0 Å². The number of aromatic amines is 1. The quantitative estimate of drug-likeness (QED) is 0.794. The second-order valence-corrected chi connectivity index (χ2v) is 5.81. The van der Waals surface area contributed by atoms with E-state index < -0.39 is 0 Å². The molecule has 0 unspecified atom stereocenters. The molecule has 0 radical (unpaired) electrons. The minimum Gasteiger partial charge on any atom is -0.346 e. The summed E-state index contributed by atoms with van der Waals surface area (Å²) in [6.07, 6.45) is 9.46. The number of nitrogens with zero attached hydrogens (tertiary/aromatic N) is 2. The molecule has 108 valence electrons. The molecule has 0 saturated heterocycles. The lowest BCUT2D eigenvalue weighted by Crippen LogP contribution is -2.35. The summed E-state index contributed by atoms with van der Waals surface area (Å²) < 4.78 is 0. The fraction of sp³-hybridized carbons (Fsp3) is 0.562. The van der Waals surface area contributed by atoms with Crippen LogP contribution in [0.5, 0.6) is 0 Å². The summed E-state index contributed by atoms with van der Waals surface area (Å²) in [6, 6.07) is 4.93. The molecule has 1 fully saturated rings. The van der Waals surface area contributed by atoms with Crippen molar-refractivity contribution in [3.05, 3.63) is 30.1 Å². The van der Waals surface area contributed by atoms with Crippen LogP contribution in [0.15, 0.2) is 24.5 Å². The molecule has 2 N–H and O–H groups in total. The van der Waals surface area contributed by atoms with Gasteiger partial charge in [0.1, 0.15) is 5.65 Å². The first kappa shape index (κ1) is 13.6. The Morgan fingerprint density at radius 3 is 3.10 bits per heavy atom. The molecule has 4 nitrogen and oxygen atoms in total. The second kappa shape index (κ2) is 6.37. The average Bonchev–Trinajstić information content (AvgIpc) is 3.13. The zero-order valence-electron chi connectivity index (χ0n) is 12.2. The summed E-state index contributed by atoms with van der Waals surface area (Å²) in [5, 5.41) is 4.77. The van der Waals surface area contributed by atoms with Crippen molar-refractivity contribution in [3.8, 4) is 0 Å². The number of likely N-dealkylation sites (N-methyl/N-ethyl adjacent to an activating group) is 1. The van der Waals surface area contributed by atoms with Crippen LogP contribution in [0.3, 0.4) is 0 Å². The van der Waals surface area contributed by atoms with E-state index in [1.54, 1.807) is 0 Å². The standard InChI is InChI=1S/C16H24N4/c1-20(14-5-2-3-6-14)10-9-17-11-13-12-19-16-15(13)7-4-8-18-16/h4,7-8,12,14,17H,2-3,5-6,9-11H2,1H3,(H,18,19). The molecule has 0 aliphatic heterocycles. The van der Waals surface area contributed by atoms with Crippen molar-refractivity contribution in [2.75, 3.05) is 20.1 Å². The number of nitrogens with one attached hydrogen (secondary N) is 2. The first-order chi connectivity index (χ1) is 9.84. The molecule has 0 aromatic carbocycles. The molecule has 1 saturated carbocycles. The Bertz CT molecular complexity index is 542. The van der Waals surface area contributed by atoms with Gasteiger partial charge in [0.05, 0.1) is 0 Å². The number of pyridine rings is 1. The Hall–Kier alpha value is -1.39. The minimum absolute atomic E-state index is 0.814. The molecular weight excluding hydrogens is 248 g/mol. The van der Waals surface area contributed by atoms with E-state index in [1.165, 1.54) is 36.6 Å². The highest BCUT2D eigenvalue weighted by Gasteiger charge is 2.18. The fourth-order valence-electron chi connectivity index (χ4n) is 3.17. The van der Waals surface area contributed by atoms with Gasteiger partial charge in [0.2, 0.25) is 0 Å². The van der Waals surface area contributed by atoms with Crippen LogP contribution in [-0.2, 0) is 6.54 Å². The number of aromatic nitrogens is 2. The summed E-state index contributed by atoms with van der Waals surface area (Å²) in [7, 11) is 2.26. The largest absolute Gasteiger partial charge is 0.346 e. The number of rotatable bonds is 6. The second-order valence-electron chi connectivity index (χ2n) is 5.81. The topological polar surface area (TPSA) is 44.0 Å². The molecule has 0 atom stereocenters. The highest BCUT2D eigenvalue weighted by Crippen LogP contribution is 2.21. The van der Waals surface area contributed by atoms with Crippen LogP contribution in [-0.4, -0.2) is 41.0 Å². The van der Waals surface area contributed by atoms with Gasteiger partial charge in [0, 0.05) is 43.5 Å². The third-order valence-corrected chi connectivity index (χ3v) is 4.44. The molecule has 0 amide bonds. The Balaban J connectivity index is 1.45. The van der Waals surface area contributed by atoms with Crippen LogP contribution in [0, 0.1) is 0 Å². The maximum absolute atomic E-state index is 4.32. The molecule has 4 heteroatoms. The third kappa shape index (κ3) is 3.02. The van der Waals surface area contributed by atoms with Crippen LogP contribution in [0.2, 0.25) is 0 Å². The lowest BCUT2D eigenvalue weighted by molar-refractivity contribution is 0.245. The van der Waals surface area contributed by atoms with Crippen molar-refractivity contribution in [2.24, 2.45) is 0 Å². The Morgan fingerprint density at radius 1 is 1.40 bits per heavy atom. The van der Waals surface area contributed by atoms with E-state index in [9.17, 15) is 0 Å². The molecule has 20 heavy (non-hydrogen) atoms. The van der Waals surface area contributed by atoms with Crippen LogP contribution in [0.25, 0.3) is 11.0 Å². The van der Waals surface area contributed by atoms with E-state index in [-0.39, 0.29) is 0 Å². The van der Waals surface area contributed by atoms with Gasteiger partial charge in [-0.25, -0.2) is 4.98 Å². The van der Waals surface area contributed by atoms with E-state index in [0.717, 1.165) is 31.3 Å². The van der Waals surface area contributed by atoms with Gasteiger partial charge in [0.15, 0.2) is 0 Å². The molecule has 0 spiro atoms. The van der Waals surface area contributed by atoms with E-state index in [4.69, 9.17) is 0 Å². The molecule has 3 rings (SSSR count). The number of hydrogen-bond acceptors (Lipinski definition) is 3. The van der Waals surface area contributed by atoms with Gasteiger partial charge in [-0.05, 0) is 37.6 Å². The van der Waals surface area contributed by atoms with E-state index >= 15 is 0 Å². The zero-order chi connectivity index (χ0) is 13.8. The Kier molecular flexibility index (Phi) is 4.33. The lowest BCUT2D eigenvalue weighted by Gasteiger charge is -2.23. The van der Waals surface area contributed by atoms with Crippen LogP contribution >= 0.6 is 0 Å². The van der Waals surface area contributed by atoms with Gasteiger partial charge in [-0.1, -0.05) is 12.8 Å². The first-order valence-electron chi connectivity index (χ1n) is 7.66. The highest BCUT2D eigenvalue weighted by molar-refractivity contribution is 5.79. The van der Waals surface area contributed by atoms with Gasteiger partial charge >= 0.3 is 0 Å². The van der Waals surface area contributed by atoms with Crippen molar-refractivity contribution < 1.29 is 0 Å². The summed E-state index contributed by atoms with van der Waals surface area (Å²) in [4.78, 5) is 10.1. The third-order valence-electron chi connectivity index (χ3n) is 4.44. The normalized spacial score (nSPS) is 16.5. The smallest absolute Gasteiger partial charge is 0.137 e.